The largest absolute Gasteiger partial charge is 0.381 e. The number of benzene rings is 1. The maximum atomic E-state index is 13.7. The average Bonchev–Trinajstić information content (AvgIpc) is 3.58. The lowest BCUT2D eigenvalue weighted by molar-refractivity contribution is -0.142. The molecule has 1 aliphatic carbocycles. The van der Waals surface area contributed by atoms with E-state index in [1.807, 2.05) is 54.7 Å². The zero-order chi connectivity index (χ0) is 29.0. The van der Waals surface area contributed by atoms with E-state index in [0.29, 0.717) is 74.6 Å². The monoisotopic (exact) mass is 593 g/mol. The molecule has 3 amide bonds. The number of hydrogen-bond acceptors (Lipinski definition) is 4. The number of likely N-dealkylation sites (N-methyl/N-ethyl adjacent to an activating group) is 1. The van der Waals surface area contributed by atoms with Crippen molar-refractivity contribution in [2.75, 3.05) is 46.4 Å². The van der Waals surface area contributed by atoms with Gasteiger partial charge in [0, 0.05) is 70.1 Å². The number of halogens is 2. The van der Waals surface area contributed by atoms with Crippen LogP contribution < -0.4 is 0 Å². The molecule has 222 valence electrons. The molecule has 0 spiro atoms. The Bertz CT molecular complexity index is 1060. The van der Waals surface area contributed by atoms with E-state index in [0.717, 1.165) is 31.2 Å². The van der Waals surface area contributed by atoms with Crippen LogP contribution in [0, 0.1) is 17.3 Å². The lowest BCUT2D eigenvalue weighted by Gasteiger charge is -2.35. The Hall–Kier alpha value is -1.83. The highest BCUT2D eigenvalue weighted by Gasteiger charge is 2.48. The van der Waals surface area contributed by atoms with Gasteiger partial charge in [-0.25, -0.2) is 0 Å². The minimum atomic E-state index is -0.173. The molecular weight excluding hydrogens is 549 g/mol. The molecule has 0 N–H and O–H groups in total. The Kier molecular flexibility index (Phi) is 10.4. The zero-order valence-corrected chi connectivity index (χ0v) is 26.0. The van der Waals surface area contributed by atoms with Gasteiger partial charge < -0.3 is 19.4 Å². The smallest absolute Gasteiger partial charge is 0.228 e. The van der Waals surface area contributed by atoms with Crippen LogP contribution in [0.2, 0.25) is 10.0 Å². The highest BCUT2D eigenvalue weighted by Crippen LogP contribution is 2.47. The van der Waals surface area contributed by atoms with Gasteiger partial charge in [0.05, 0.1) is 16.1 Å². The topological polar surface area (TPSA) is 70.2 Å². The average molecular weight is 595 g/mol. The lowest BCUT2D eigenvalue weighted by atomic mass is 9.92. The third kappa shape index (κ3) is 6.96. The summed E-state index contributed by atoms with van der Waals surface area (Å²) in [4.78, 5) is 45.5. The number of hydrogen-bond donors (Lipinski definition) is 0. The number of rotatable bonds is 6. The highest BCUT2D eigenvalue weighted by molar-refractivity contribution is 6.42. The number of nitrogens with zero attached hydrogens (tertiary/aromatic N) is 3. The maximum Gasteiger partial charge on any atom is 0.228 e. The van der Waals surface area contributed by atoms with Crippen LogP contribution >= 0.6 is 23.2 Å². The molecule has 40 heavy (non-hydrogen) atoms. The normalized spacial score (nSPS) is 24.8. The first-order chi connectivity index (χ1) is 19.2. The second kappa shape index (κ2) is 13.4. The standard InChI is InChI=1S/C29H39Cl2N3O4.C2H6/c1-29(9-10-29)28(37)33-11-5-20(6-12-33)27(36)34-17-22(21-3-4-23(30)24(31)16-21)25(18-34)32(2)26(35)15-19-7-13-38-14-8-19;1-2/h3-4,16,19-20,22,25H,5-15,17-18H2,1-2H3;1-2H3. The number of likely N-dealkylation sites (tertiary alicyclic amines) is 2. The van der Waals surface area contributed by atoms with Crippen molar-refractivity contribution in [3.05, 3.63) is 33.8 Å². The Morgan fingerprint density at radius 2 is 1.62 bits per heavy atom. The van der Waals surface area contributed by atoms with Gasteiger partial charge in [0.1, 0.15) is 0 Å². The summed E-state index contributed by atoms with van der Waals surface area (Å²) in [5, 5.41) is 0.966. The molecule has 4 aliphatic rings. The molecule has 2 atom stereocenters. The first-order valence-electron chi connectivity index (χ1n) is 15.0. The SMILES string of the molecule is CC.CN(C(=O)CC1CCOCC1)C1CN(C(=O)C2CCN(C(=O)C3(C)CC3)CC2)CC1c1ccc(Cl)c(Cl)c1. The molecule has 7 nitrogen and oxygen atoms in total. The summed E-state index contributed by atoms with van der Waals surface area (Å²) in [7, 11) is 1.87. The predicted molar refractivity (Wildman–Crippen MR) is 158 cm³/mol. The van der Waals surface area contributed by atoms with E-state index in [1.54, 1.807) is 6.07 Å². The highest BCUT2D eigenvalue weighted by atomic mass is 35.5. The fraction of sp³-hybridized carbons (Fsp3) is 0.710. The fourth-order valence-electron chi connectivity index (χ4n) is 6.33. The van der Waals surface area contributed by atoms with Gasteiger partial charge in [0.25, 0.3) is 0 Å². The third-order valence-corrected chi connectivity index (χ3v) is 10.1. The third-order valence-electron chi connectivity index (χ3n) is 9.32. The van der Waals surface area contributed by atoms with Crippen LogP contribution in [0.4, 0.5) is 0 Å². The van der Waals surface area contributed by atoms with Crippen LogP contribution in [0.15, 0.2) is 18.2 Å². The predicted octanol–water partition coefficient (Wildman–Crippen LogP) is 5.63. The molecule has 1 saturated carbocycles. The zero-order valence-electron chi connectivity index (χ0n) is 24.5. The van der Waals surface area contributed by atoms with Gasteiger partial charge in [-0.2, -0.15) is 0 Å². The summed E-state index contributed by atoms with van der Waals surface area (Å²) < 4.78 is 5.46. The van der Waals surface area contributed by atoms with Crippen molar-refractivity contribution < 1.29 is 19.1 Å². The Labute approximate surface area is 249 Å². The van der Waals surface area contributed by atoms with E-state index >= 15 is 0 Å². The quantitative estimate of drug-likeness (QED) is 0.428. The molecule has 2 unspecified atom stereocenters. The van der Waals surface area contributed by atoms with Crippen molar-refractivity contribution in [1.29, 1.82) is 0 Å². The van der Waals surface area contributed by atoms with Crippen molar-refractivity contribution in [2.24, 2.45) is 17.3 Å². The Morgan fingerprint density at radius 1 is 0.975 bits per heavy atom. The van der Waals surface area contributed by atoms with E-state index in [1.165, 1.54) is 0 Å². The van der Waals surface area contributed by atoms with Crippen molar-refractivity contribution in [3.8, 4) is 0 Å². The molecule has 1 aromatic carbocycles. The van der Waals surface area contributed by atoms with Gasteiger partial charge in [-0.1, -0.05) is 50.0 Å². The summed E-state index contributed by atoms with van der Waals surface area (Å²) in [6, 6.07) is 5.48. The molecule has 3 aliphatic heterocycles. The summed E-state index contributed by atoms with van der Waals surface area (Å²) in [6.07, 6.45) is 5.64. The van der Waals surface area contributed by atoms with E-state index in [9.17, 15) is 14.4 Å². The van der Waals surface area contributed by atoms with E-state index in [2.05, 4.69) is 0 Å². The molecule has 0 aromatic heterocycles. The molecular formula is C31H45Cl2N3O4. The van der Waals surface area contributed by atoms with Crippen molar-refractivity contribution >= 4 is 40.9 Å². The fourth-order valence-corrected chi connectivity index (χ4v) is 6.63. The first-order valence-corrected chi connectivity index (χ1v) is 15.8. The first kappa shape index (κ1) is 31.1. The van der Waals surface area contributed by atoms with Crippen molar-refractivity contribution in [1.82, 2.24) is 14.7 Å². The Morgan fingerprint density at radius 3 is 2.23 bits per heavy atom. The van der Waals surface area contributed by atoms with E-state index < -0.39 is 0 Å². The van der Waals surface area contributed by atoms with Crippen LogP contribution in [-0.4, -0.2) is 84.9 Å². The molecule has 1 aromatic rings. The molecule has 0 radical (unpaired) electrons. The molecule has 4 fully saturated rings. The van der Waals surface area contributed by atoms with Gasteiger partial charge in [0.15, 0.2) is 0 Å². The van der Waals surface area contributed by atoms with E-state index in [4.69, 9.17) is 27.9 Å². The van der Waals surface area contributed by atoms with Crippen molar-refractivity contribution in [2.45, 2.75) is 77.7 Å². The number of ether oxygens (including phenoxy) is 1. The maximum absolute atomic E-state index is 13.7. The second-order valence-electron chi connectivity index (χ2n) is 12.0. The summed E-state index contributed by atoms with van der Waals surface area (Å²) in [5.41, 5.74) is 0.817. The number of amides is 3. The van der Waals surface area contributed by atoms with Crippen molar-refractivity contribution in [3.63, 3.8) is 0 Å². The summed E-state index contributed by atoms with van der Waals surface area (Å²) >= 11 is 12.6. The van der Waals surface area contributed by atoms with Crippen LogP contribution in [0.25, 0.3) is 0 Å². The molecule has 5 rings (SSSR count). The van der Waals surface area contributed by atoms with Gasteiger partial charge in [0.2, 0.25) is 17.7 Å². The van der Waals surface area contributed by atoms with Gasteiger partial charge in [-0.05, 0) is 62.1 Å². The van der Waals surface area contributed by atoms with Gasteiger partial charge in [-0.3, -0.25) is 14.4 Å². The van der Waals surface area contributed by atoms with Crippen LogP contribution in [0.1, 0.15) is 77.2 Å². The lowest BCUT2D eigenvalue weighted by Crippen LogP contribution is -2.46. The van der Waals surface area contributed by atoms with Gasteiger partial charge in [-0.15, -0.1) is 0 Å². The van der Waals surface area contributed by atoms with Crippen LogP contribution in [0.5, 0.6) is 0 Å². The number of carbonyl (C=O) groups is 3. The van der Waals surface area contributed by atoms with Crippen LogP contribution in [-0.2, 0) is 19.1 Å². The molecule has 0 bridgehead atoms. The minimum absolute atomic E-state index is 0.0474. The van der Waals surface area contributed by atoms with E-state index in [-0.39, 0.29) is 41.0 Å². The number of piperidine rings is 1. The van der Waals surface area contributed by atoms with Crippen LogP contribution in [0.3, 0.4) is 0 Å². The molecule has 9 heteroatoms. The minimum Gasteiger partial charge on any atom is -0.381 e. The molecule has 3 saturated heterocycles. The summed E-state index contributed by atoms with van der Waals surface area (Å²) in [6.45, 7) is 9.78. The second-order valence-corrected chi connectivity index (χ2v) is 12.8. The van der Waals surface area contributed by atoms with Gasteiger partial charge >= 0.3 is 0 Å². The number of carbonyl (C=O) groups excluding carboxylic acids is 3. The summed E-state index contributed by atoms with van der Waals surface area (Å²) in [5.74, 6) is 0.687. The Balaban J connectivity index is 0.00000181. The molecule has 3 heterocycles.